The molecule has 0 N–H and O–H groups in total. The zero-order valence-electron chi connectivity index (χ0n) is 14.9. The van der Waals surface area contributed by atoms with Crippen LogP contribution in [0.2, 0.25) is 0 Å². The van der Waals surface area contributed by atoms with Gasteiger partial charge in [-0.25, -0.2) is 4.79 Å². The van der Waals surface area contributed by atoms with Gasteiger partial charge in [-0.3, -0.25) is 4.79 Å². The van der Waals surface area contributed by atoms with Crippen molar-refractivity contribution in [3.63, 3.8) is 0 Å². The van der Waals surface area contributed by atoms with Crippen molar-refractivity contribution in [2.75, 3.05) is 0 Å². The first-order chi connectivity index (χ1) is 12.5. The summed E-state index contributed by atoms with van der Waals surface area (Å²) in [4.78, 5) is 24.6. The van der Waals surface area contributed by atoms with Crippen LogP contribution in [0.3, 0.4) is 0 Å². The summed E-state index contributed by atoms with van der Waals surface area (Å²) in [6, 6.07) is 13.6. The number of hydrogen-bond donors (Lipinski definition) is 0. The van der Waals surface area contributed by atoms with Crippen molar-refractivity contribution in [3.8, 4) is 5.75 Å². The van der Waals surface area contributed by atoms with Crippen LogP contribution in [0.5, 0.6) is 5.75 Å². The number of rotatable bonds is 3. The number of carbonyl (C=O) groups is 1. The van der Waals surface area contributed by atoms with Crippen molar-refractivity contribution in [1.29, 1.82) is 0 Å². The average molecular weight is 348 g/mol. The molecule has 0 amide bonds. The van der Waals surface area contributed by atoms with E-state index in [-0.39, 0.29) is 17.5 Å². The van der Waals surface area contributed by atoms with E-state index in [1.165, 1.54) is 0 Å². The number of esters is 1. The molecular formula is C22H20O4. The Labute approximate surface area is 151 Å². The number of para-hydroxylation sites is 2. The molecule has 132 valence electrons. The highest BCUT2D eigenvalue weighted by molar-refractivity contribution is 5.80. The Morgan fingerprint density at radius 3 is 2.65 bits per heavy atom. The summed E-state index contributed by atoms with van der Waals surface area (Å²) in [5, 5.41) is 0.909. The van der Waals surface area contributed by atoms with Gasteiger partial charge in [0.05, 0.1) is 5.92 Å². The van der Waals surface area contributed by atoms with E-state index >= 15 is 0 Å². The van der Waals surface area contributed by atoms with Crippen LogP contribution in [0, 0.1) is 19.8 Å². The SMILES string of the molecule is Cc1cccc2c1OC(=O)C(CCc1cc3cccc(C)c3oc1=O)C2. The molecule has 4 nitrogen and oxygen atoms in total. The van der Waals surface area contributed by atoms with Crippen LogP contribution in [0.1, 0.15) is 28.7 Å². The summed E-state index contributed by atoms with van der Waals surface area (Å²) < 4.78 is 11.0. The summed E-state index contributed by atoms with van der Waals surface area (Å²) in [7, 11) is 0. The van der Waals surface area contributed by atoms with E-state index in [1.54, 1.807) is 0 Å². The van der Waals surface area contributed by atoms with Crippen LogP contribution in [-0.4, -0.2) is 5.97 Å². The van der Waals surface area contributed by atoms with Gasteiger partial charge in [-0.05, 0) is 55.9 Å². The maximum atomic E-state index is 12.3. The number of ether oxygens (including phenoxy) is 1. The monoisotopic (exact) mass is 348 g/mol. The van der Waals surface area contributed by atoms with Crippen LogP contribution in [-0.2, 0) is 17.6 Å². The van der Waals surface area contributed by atoms with Crippen LogP contribution in [0.15, 0.2) is 51.7 Å². The highest BCUT2D eigenvalue weighted by Crippen LogP contribution is 2.32. The first-order valence-electron chi connectivity index (χ1n) is 8.85. The van der Waals surface area contributed by atoms with Crippen molar-refractivity contribution >= 4 is 16.9 Å². The second-order valence-corrected chi connectivity index (χ2v) is 6.98. The molecule has 1 aliphatic rings. The summed E-state index contributed by atoms with van der Waals surface area (Å²) in [5.41, 5.74) is 3.87. The van der Waals surface area contributed by atoms with Gasteiger partial charge in [0.15, 0.2) is 0 Å². The lowest BCUT2D eigenvalue weighted by molar-refractivity contribution is -0.140. The van der Waals surface area contributed by atoms with Gasteiger partial charge in [-0.2, -0.15) is 0 Å². The minimum atomic E-state index is -0.327. The third-order valence-corrected chi connectivity index (χ3v) is 5.09. The largest absolute Gasteiger partial charge is 0.426 e. The van der Waals surface area contributed by atoms with Gasteiger partial charge in [-0.1, -0.05) is 36.4 Å². The first kappa shape index (κ1) is 16.6. The predicted molar refractivity (Wildman–Crippen MR) is 99.6 cm³/mol. The van der Waals surface area contributed by atoms with Gasteiger partial charge < -0.3 is 9.15 Å². The minimum absolute atomic E-state index is 0.215. The summed E-state index contributed by atoms with van der Waals surface area (Å²) in [6.45, 7) is 3.86. The first-order valence-corrected chi connectivity index (χ1v) is 8.85. The standard InChI is InChI=1S/C22H20O4/c1-13-5-3-7-15-11-17(21(23)25-19(13)15)9-10-18-12-16-8-4-6-14(2)20(16)26-22(18)24/h3-8,11,18H,9-10,12H2,1-2H3. The second-order valence-electron chi connectivity index (χ2n) is 6.98. The molecule has 1 unspecified atom stereocenters. The van der Waals surface area contributed by atoms with Crippen molar-refractivity contribution in [3.05, 3.63) is 75.1 Å². The highest BCUT2D eigenvalue weighted by atomic mass is 16.5. The molecule has 0 spiro atoms. The third-order valence-electron chi connectivity index (χ3n) is 5.09. The van der Waals surface area contributed by atoms with Crippen molar-refractivity contribution in [1.82, 2.24) is 0 Å². The van der Waals surface area contributed by atoms with E-state index in [9.17, 15) is 9.59 Å². The molecule has 0 aliphatic carbocycles. The number of hydrogen-bond acceptors (Lipinski definition) is 4. The van der Waals surface area contributed by atoms with Crippen molar-refractivity contribution < 1.29 is 13.9 Å². The fourth-order valence-electron chi connectivity index (χ4n) is 3.61. The number of aryl methyl sites for hydroxylation is 3. The number of carbonyl (C=O) groups excluding carboxylic acids is 1. The number of fused-ring (bicyclic) bond motifs is 2. The topological polar surface area (TPSA) is 56.5 Å². The molecule has 1 aliphatic heterocycles. The maximum Gasteiger partial charge on any atom is 0.339 e. The summed E-state index contributed by atoms with van der Waals surface area (Å²) in [5.74, 6) is 0.235. The Morgan fingerprint density at radius 2 is 1.81 bits per heavy atom. The quantitative estimate of drug-likeness (QED) is 0.406. The average Bonchev–Trinajstić information content (AvgIpc) is 2.62. The van der Waals surface area contributed by atoms with E-state index in [2.05, 4.69) is 0 Å². The lowest BCUT2D eigenvalue weighted by atomic mass is 9.90. The van der Waals surface area contributed by atoms with Gasteiger partial charge in [0, 0.05) is 10.9 Å². The minimum Gasteiger partial charge on any atom is -0.426 e. The van der Waals surface area contributed by atoms with E-state index in [4.69, 9.17) is 9.15 Å². The molecule has 1 aromatic heterocycles. The Kier molecular flexibility index (Phi) is 4.11. The molecule has 2 heterocycles. The lowest BCUT2D eigenvalue weighted by Crippen LogP contribution is -2.29. The van der Waals surface area contributed by atoms with Crippen LogP contribution >= 0.6 is 0 Å². The molecule has 0 saturated carbocycles. The molecule has 26 heavy (non-hydrogen) atoms. The van der Waals surface area contributed by atoms with Gasteiger partial charge >= 0.3 is 11.6 Å². The Morgan fingerprint density at radius 1 is 1.04 bits per heavy atom. The van der Waals surface area contributed by atoms with Crippen molar-refractivity contribution in [2.45, 2.75) is 33.1 Å². The van der Waals surface area contributed by atoms with E-state index in [0.717, 1.165) is 22.1 Å². The van der Waals surface area contributed by atoms with E-state index in [0.29, 0.717) is 36.2 Å². The van der Waals surface area contributed by atoms with Crippen molar-refractivity contribution in [2.24, 2.45) is 5.92 Å². The zero-order chi connectivity index (χ0) is 18.3. The molecule has 0 saturated heterocycles. The van der Waals surface area contributed by atoms with Crippen LogP contribution < -0.4 is 10.4 Å². The van der Waals surface area contributed by atoms with Gasteiger partial charge in [-0.15, -0.1) is 0 Å². The van der Waals surface area contributed by atoms with E-state index in [1.807, 2.05) is 56.3 Å². The van der Waals surface area contributed by atoms with E-state index < -0.39 is 0 Å². The van der Waals surface area contributed by atoms with Gasteiger partial charge in [0.1, 0.15) is 11.3 Å². The smallest absolute Gasteiger partial charge is 0.339 e. The maximum absolute atomic E-state index is 12.3. The molecule has 3 aromatic rings. The molecule has 0 bridgehead atoms. The molecule has 4 heteroatoms. The molecule has 0 fully saturated rings. The Hall–Kier alpha value is -2.88. The molecule has 0 radical (unpaired) electrons. The predicted octanol–water partition coefficient (Wildman–Crippen LogP) is 4.12. The summed E-state index contributed by atoms with van der Waals surface area (Å²) in [6.07, 6.45) is 1.70. The van der Waals surface area contributed by atoms with Gasteiger partial charge in [0.25, 0.3) is 0 Å². The van der Waals surface area contributed by atoms with Gasteiger partial charge in [0.2, 0.25) is 0 Å². The molecular weight excluding hydrogens is 328 g/mol. The van der Waals surface area contributed by atoms with Crippen LogP contribution in [0.4, 0.5) is 0 Å². The zero-order valence-corrected chi connectivity index (χ0v) is 14.9. The van der Waals surface area contributed by atoms with Crippen LogP contribution in [0.25, 0.3) is 11.0 Å². The molecule has 4 rings (SSSR count). The highest BCUT2D eigenvalue weighted by Gasteiger charge is 2.29. The summed E-state index contributed by atoms with van der Waals surface area (Å²) >= 11 is 0. The second kappa shape index (κ2) is 6.45. The Balaban J connectivity index is 1.56. The fourth-order valence-corrected chi connectivity index (χ4v) is 3.61. The molecule has 2 aromatic carbocycles. The third kappa shape index (κ3) is 2.92. The fraction of sp³-hybridized carbons (Fsp3) is 0.273. The normalized spacial score (nSPS) is 16.4. The molecule has 1 atom stereocenters. The lowest BCUT2D eigenvalue weighted by Gasteiger charge is -2.24. The Bertz CT molecular complexity index is 1060. The number of benzene rings is 2.